The largest absolute Gasteiger partial charge is 0.394 e. The number of nitrogens with one attached hydrogen (secondary N) is 1. The molecule has 0 bridgehead atoms. The number of nitrogens with zero attached hydrogens (tertiary/aromatic N) is 6. The lowest BCUT2D eigenvalue weighted by atomic mass is 10.1. The van der Waals surface area contributed by atoms with Crippen LogP contribution in [-0.4, -0.2) is 109 Å². The van der Waals surface area contributed by atoms with Crippen molar-refractivity contribution in [3.63, 3.8) is 0 Å². The van der Waals surface area contributed by atoms with Crippen molar-refractivity contribution in [1.29, 1.82) is 0 Å². The van der Waals surface area contributed by atoms with Crippen LogP contribution in [0.3, 0.4) is 0 Å². The lowest BCUT2D eigenvalue weighted by Crippen LogP contribution is -2.36. The van der Waals surface area contributed by atoms with Crippen molar-refractivity contribution in [2.45, 2.75) is 48.6 Å². The van der Waals surface area contributed by atoms with Crippen LogP contribution in [0.2, 0.25) is 0 Å². The molecule has 2 aliphatic rings. The van der Waals surface area contributed by atoms with Crippen LogP contribution < -0.4 is 17.0 Å². The third-order valence-corrected chi connectivity index (χ3v) is 9.02. The minimum absolute atomic E-state index is 0.00422. The first kappa shape index (κ1) is 27.6. The number of aromatic nitrogens is 7. The molecule has 0 radical (unpaired) electrons. The number of imidazole rings is 1. The molecule has 3 unspecified atom stereocenters. The molecule has 4 aromatic heterocycles. The Balaban J connectivity index is 1.25. The third kappa shape index (κ3) is 4.47. The second kappa shape index (κ2) is 10.1. The molecule has 2 fully saturated rings. The Labute approximate surface area is 228 Å². The smallest absolute Gasteiger partial charge is 0.338 e. The average molecular weight is 595 g/mol. The summed E-state index contributed by atoms with van der Waals surface area (Å²) in [5, 5.41) is 42.0. The van der Waals surface area contributed by atoms with E-state index >= 15 is 0 Å². The van der Waals surface area contributed by atoms with E-state index in [0.29, 0.717) is 0 Å². The zero-order valence-corrected chi connectivity index (χ0v) is 21.8. The van der Waals surface area contributed by atoms with Gasteiger partial charge in [-0.1, -0.05) is 0 Å². The van der Waals surface area contributed by atoms with Gasteiger partial charge in [0.25, 0.3) is 5.56 Å². The minimum atomic E-state index is -4.85. The Kier molecular flexibility index (Phi) is 6.80. The van der Waals surface area contributed by atoms with Gasteiger partial charge in [-0.3, -0.25) is 18.9 Å². The molecule has 6 rings (SSSR count). The third-order valence-electron chi connectivity index (χ3n) is 7.19. The summed E-state index contributed by atoms with van der Waals surface area (Å²) < 4.78 is 32.9. The first-order chi connectivity index (χ1) is 19.5. The number of nitrogens with two attached hydrogens (primary N) is 2. The normalized spacial score (nSPS) is 31.7. The predicted octanol–water partition coefficient (Wildman–Crippen LogP) is -2.83. The van der Waals surface area contributed by atoms with Crippen molar-refractivity contribution in [3.8, 4) is 0 Å². The highest BCUT2D eigenvalue weighted by Crippen LogP contribution is 2.57. The molecule has 2 saturated heterocycles. The Morgan fingerprint density at radius 3 is 2.54 bits per heavy atom. The maximum atomic E-state index is 13.6. The van der Waals surface area contributed by atoms with E-state index in [9.17, 15) is 34.7 Å². The highest BCUT2D eigenvalue weighted by Gasteiger charge is 2.55. The number of hydrogen-bond acceptors (Lipinski definition) is 15. The van der Waals surface area contributed by atoms with Gasteiger partial charge in [0.05, 0.1) is 24.9 Å². The van der Waals surface area contributed by atoms with Crippen molar-refractivity contribution in [3.05, 3.63) is 35.3 Å². The lowest BCUT2D eigenvalue weighted by Gasteiger charge is -2.27. The predicted molar refractivity (Wildman–Crippen MR) is 137 cm³/mol. The topological polar surface area (TPSA) is 292 Å². The fraction of sp³-hybridized carbons (Fsp3) is 0.476. The summed E-state index contributed by atoms with van der Waals surface area (Å²) in [7, 11) is -4.85. The number of hydrogen-bond donors (Lipinski definition) is 8. The summed E-state index contributed by atoms with van der Waals surface area (Å²) in [6.07, 6.45) is -6.13. The van der Waals surface area contributed by atoms with Crippen molar-refractivity contribution in [2.75, 3.05) is 24.7 Å². The maximum Gasteiger partial charge on any atom is 0.338 e. The first-order valence-electron chi connectivity index (χ1n) is 12.2. The molecule has 19 nitrogen and oxygen atoms in total. The van der Waals surface area contributed by atoms with Crippen LogP contribution in [0.15, 0.2) is 29.7 Å². The van der Waals surface area contributed by atoms with E-state index < -0.39 is 75.0 Å². The van der Waals surface area contributed by atoms with Gasteiger partial charge in [-0.15, -0.1) is 0 Å². The van der Waals surface area contributed by atoms with Gasteiger partial charge in [-0.25, -0.2) is 15.0 Å². The quantitative estimate of drug-likeness (QED) is 0.0999. The van der Waals surface area contributed by atoms with E-state index in [4.69, 9.17) is 25.5 Å². The molecule has 0 amide bonds. The first-order valence-corrected chi connectivity index (χ1v) is 13.9. The number of aromatic amines is 1. The number of rotatable bonds is 7. The highest BCUT2D eigenvalue weighted by molar-refractivity contribution is 7.53. The van der Waals surface area contributed by atoms with Crippen LogP contribution >= 0.6 is 7.60 Å². The summed E-state index contributed by atoms with van der Waals surface area (Å²) in [5.41, 5.74) is 9.70. The number of aliphatic hydroxyl groups excluding tert-OH is 4. The monoisotopic (exact) mass is 595 g/mol. The zero-order chi connectivity index (χ0) is 29.2. The number of ether oxygens (including phenoxy) is 2. The summed E-state index contributed by atoms with van der Waals surface area (Å²) in [6.45, 7) is -1.39. The number of aliphatic hydroxyl groups is 4. The van der Waals surface area contributed by atoms with Gasteiger partial charge in [-0.2, -0.15) is 4.98 Å². The Morgan fingerprint density at radius 1 is 1.02 bits per heavy atom. The van der Waals surface area contributed by atoms with Gasteiger partial charge in [0.1, 0.15) is 48.0 Å². The molecule has 41 heavy (non-hydrogen) atoms. The molecule has 2 aliphatic heterocycles. The summed E-state index contributed by atoms with van der Waals surface area (Å²) in [4.78, 5) is 41.7. The molecule has 0 aliphatic carbocycles. The van der Waals surface area contributed by atoms with Crippen LogP contribution in [0, 0.1) is 0 Å². The van der Waals surface area contributed by atoms with Crippen LogP contribution in [0.1, 0.15) is 12.5 Å². The molecule has 0 aromatic carbocycles. The molecule has 6 heterocycles. The van der Waals surface area contributed by atoms with E-state index in [2.05, 4.69) is 24.9 Å². The average Bonchev–Trinajstić information content (AvgIpc) is 3.68. The maximum absolute atomic E-state index is 13.6. The van der Waals surface area contributed by atoms with Crippen LogP contribution in [-0.2, 0) is 18.6 Å². The summed E-state index contributed by atoms with van der Waals surface area (Å²) >= 11 is 0. The molecule has 10 N–H and O–H groups in total. The molecule has 220 valence electrons. The van der Waals surface area contributed by atoms with Crippen molar-refractivity contribution in [2.24, 2.45) is 0 Å². The van der Waals surface area contributed by atoms with Gasteiger partial charge in [-0.05, 0) is 6.07 Å². The zero-order valence-electron chi connectivity index (χ0n) is 20.9. The van der Waals surface area contributed by atoms with E-state index in [1.807, 2.05) is 0 Å². The molecule has 0 saturated carbocycles. The molecular weight excluding hydrogens is 569 g/mol. The Hall–Kier alpha value is -3.52. The van der Waals surface area contributed by atoms with E-state index in [1.54, 1.807) is 0 Å². The lowest BCUT2D eigenvalue weighted by molar-refractivity contribution is -0.0496. The molecular formula is C21H26N9O10P. The fourth-order valence-electron chi connectivity index (χ4n) is 5.15. The van der Waals surface area contributed by atoms with Gasteiger partial charge < -0.3 is 55.4 Å². The Morgan fingerprint density at radius 2 is 1.78 bits per heavy atom. The van der Waals surface area contributed by atoms with E-state index in [1.165, 1.54) is 34.1 Å². The minimum Gasteiger partial charge on any atom is -0.394 e. The molecule has 4 aromatic rings. The second-order valence-corrected chi connectivity index (χ2v) is 11.6. The van der Waals surface area contributed by atoms with Gasteiger partial charge in [0.15, 0.2) is 29.6 Å². The number of H-pyrrole nitrogens is 1. The molecule has 0 spiro atoms. The second-order valence-electron chi connectivity index (χ2n) is 9.63. The summed E-state index contributed by atoms with van der Waals surface area (Å²) in [5.74, 6) is -0.131. The molecule has 20 heteroatoms. The number of anilines is 2. The summed E-state index contributed by atoms with van der Waals surface area (Å²) in [6, 6.07) is 1.38. The number of nitrogen functional groups attached to an aromatic ring is 2. The van der Waals surface area contributed by atoms with Gasteiger partial charge >= 0.3 is 7.60 Å². The van der Waals surface area contributed by atoms with Crippen molar-refractivity contribution in [1.82, 2.24) is 34.1 Å². The molecule has 9 atom stereocenters. The standard InChI is InChI=1S/C21H26N9O10P/c22-15-10-17(25-5-24-15)30(6-26-10)19-13(34)11(32)9(40-19)4-38-41(36,37)14-12(33)8(3-31)39-20(14)29-2-1-7-16(29)27-21(23)28-18(7)35/h1-2,5-6,8-9,11-14,19-20,31-34H,3-4H2,(H,36,37)(H2,22,24,25)(H3,23,27,28,35)/t8?,9?,11-,12-,13-,14-,19-,20-/m1/s1. The SMILES string of the molecule is Nc1nc2c(ccn2[C@@H]2OC(CO)[C@@H](O)[C@H]2P(=O)(O)OCC2O[C@@H](n3cnc4c(N)ncnc43)[C@H](O)[C@@H]2O)c(=O)[nH]1. The van der Waals surface area contributed by atoms with Crippen molar-refractivity contribution < 1.29 is 43.9 Å². The van der Waals surface area contributed by atoms with E-state index in [-0.39, 0.29) is 34.0 Å². The van der Waals surface area contributed by atoms with Gasteiger partial charge in [0, 0.05) is 6.20 Å². The number of fused-ring (bicyclic) bond motifs is 2. The van der Waals surface area contributed by atoms with Crippen LogP contribution in [0.4, 0.5) is 11.8 Å². The van der Waals surface area contributed by atoms with Crippen LogP contribution in [0.25, 0.3) is 22.2 Å². The van der Waals surface area contributed by atoms with Gasteiger partial charge in [0.2, 0.25) is 5.95 Å². The fourth-order valence-corrected chi connectivity index (χ4v) is 6.80. The van der Waals surface area contributed by atoms with Crippen molar-refractivity contribution >= 4 is 41.6 Å². The highest BCUT2D eigenvalue weighted by atomic mass is 31.2. The Bertz CT molecular complexity index is 1710. The van der Waals surface area contributed by atoms with E-state index in [0.717, 1.165) is 0 Å². The van der Waals surface area contributed by atoms with Crippen LogP contribution in [0.5, 0.6) is 0 Å².